The van der Waals surface area contributed by atoms with Crippen molar-refractivity contribution in [3.63, 3.8) is 0 Å². The van der Waals surface area contributed by atoms with Gasteiger partial charge in [0.25, 0.3) is 5.91 Å². The van der Waals surface area contributed by atoms with Crippen LogP contribution in [0.15, 0.2) is 73.1 Å². The first-order valence-corrected chi connectivity index (χ1v) is 7.14. The van der Waals surface area contributed by atoms with Gasteiger partial charge >= 0.3 is 0 Å². The average molecular weight is 291 g/mol. The van der Waals surface area contributed by atoms with Crippen LogP contribution in [0.2, 0.25) is 0 Å². The number of carbonyl (C=O) groups is 1. The zero-order chi connectivity index (χ0) is 15.4. The Kier molecular flexibility index (Phi) is 4.01. The van der Waals surface area contributed by atoms with Crippen molar-refractivity contribution in [3.05, 3.63) is 90.0 Å². The molecular weight excluding hydrogens is 274 g/mol. The van der Waals surface area contributed by atoms with Crippen LogP contribution in [0.1, 0.15) is 27.8 Å². The van der Waals surface area contributed by atoms with Crippen molar-refractivity contribution in [2.24, 2.45) is 7.05 Å². The SMILES string of the molecule is Cn1ccnc1C(NC(=O)c1ccccc1)c1ccccc1. The van der Waals surface area contributed by atoms with E-state index in [1.165, 1.54) is 0 Å². The second-order valence-corrected chi connectivity index (χ2v) is 5.08. The molecule has 0 saturated carbocycles. The molecule has 1 amide bonds. The molecule has 1 N–H and O–H groups in total. The minimum Gasteiger partial charge on any atom is -0.338 e. The van der Waals surface area contributed by atoms with Gasteiger partial charge in [-0.05, 0) is 17.7 Å². The lowest BCUT2D eigenvalue weighted by molar-refractivity contribution is 0.0941. The summed E-state index contributed by atoms with van der Waals surface area (Å²) in [4.78, 5) is 16.9. The number of hydrogen-bond acceptors (Lipinski definition) is 2. The van der Waals surface area contributed by atoms with E-state index < -0.39 is 0 Å². The first kappa shape index (κ1) is 14.1. The number of benzene rings is 2. The number of nitrogens with one attached hydrogen (secondary N) is 1. The van der Waals surface area contributed by atoms with Crippen molar-refractivity contribution in [3.8, 4) is 0 Å². The van der Waals surface area contributed by atoms with Crippen LogP contribution in [-0.4, -0.2) is 15.5 Å². The zero-order valence-corrected chi connectivity index (χ0v) is 12.3. The van der Waals surface area contributed by atoms with Crippen LogP contribution in [0.5, 0.6) is 0 Å². The van der Waals surface area contributed by atoms with E-state index in [2.05, 4.69) is 10.3 Å². The second-order valence-electron chi connectivity index (χ2n) is 5.08. The molecule has 3 rings (SSSR count). The fourth-order valence-corrected chi connectivity index (χ4v) is 2.40. The fraction of sp³-hybridized carbons (Fsp3) is 0.111. The Morgan fingerprint density at radius 3 is 2.27 bits per heavy atom. The molecule has 1 unspecified atom stereocenters. The van der Waals surface area contributed by atoms with Crippen molar-refractivity contribution in [2.75, 3.05) is 0 Å². The monoisotopic (exact) mass is 291 g/mol. The van der Waals surface area contributed by atoms with Crippen LogP contribution >= 0.6 is 0 Å². The molecule has 0 saturated heterocycles. The Morgan fingerprint density at radius 2 is 1.68 bits per heavy atom. The summed E-state index contributed by atoms with van der Waals surface area (Å²) in [5, 5.41) is 3.07. The van der Waals surface area contributed by atoms with E-state index in [4.69, 9.17) is 0 Å². The smallest absolute Gasteiger partial charge is 0.252 e. The highest BCUT2D eigenvalue weighted by Crippen LogP contribution is 2.20. The number of aryl methyl sites for hydroxylation is 1. The first-order chi connectivity index (χ1) is 10.8. The third kappa shape index (κ3) is 2.91. The Balaban J connectivity index is 1.93. The van der Waals surface area contributed by atoms with Crippen LogP contribution in [0.3, 0.4) is 0 Å². The minimum absolute atomic E-state index is 0.113. The molecule has 1 aromatic heterocycles. The molecule has 0 fully saturated rings. The van der Waals surface area contributed by atoms with Gasteiger partial charge in [0.15, 0.2) is 0 Å². The van der Waals surface area contributed by atoms with Gasteiger partial charge in [-0.25, -0.2) is 4.98 Å². The van der Waals surface area contributed by atoms with E-state index in [1.807, 2.05) is 66.3 Å². The van der Waals surface area contributed by atoms with Gasteiger partial charge in [-0.3, -0.25) is 4.79 Å². The molecule has 110 valence electrons. The highest BCUT2D eigenvalue weighted by Gasteiger charge is 2.20. The molecule has 0 bridgehead atoms. The number of carbonyl (C=O) groups excluding carboxylic acids is 1. The molecule has 2 aromatic carbocycles. The lowest BCUT2D eigenvalue weighted by Gasteiger charge is -2.19. The van der Waals surface area contributed by atoms with Gasteiger partial charge in [0, 0.05) is 25.0 Å². The largest absolute Gasteiger partial charge is 0.338 e. The van der Waals surface area contributed by atoms with Gasteiger partial charge in [0.2, 0.25) is 0 Å². The van der Waals surface area contributed by atoms with E-state index in [0.717, 1.165) is 11.4 Å². The summed E-state index contributed by atoms with van der Waals surface area (Å²) in [6.07, 6.45) is 3.61. The van der Waals surface area contributed by atoms with E-state index in [1.54, 1.807) is 18.3 Å². The van der Waals surface area contributed by atoms with E-state index in [9.17, 15) is 4.79 Å². The molecule has 3 aromatic rings. The number of imidazole rings is 1. The normalized spacial score (nSPS) is 11.9. The van der Waals surface area contributed by atoms with Gasteiger partial charge in [0.1, 0.15) is 11.9 Å². The van der Waals surface area contributed by atoms with Crippen molar-refractivity contribution >= 4 is 5.91 Å². The first-order valence-electron chi connectivity index (χ1n) is 7.14. The van der Waals surface area contributed by atoms with Crippen LogP contribution < -0.4 is 5.32 Å². The molecule has 0 aliphatic carbocycles. The van der Waals surface area contributed by atoms with Gasteiger partial charge in [-0.2, -0.15) is 0 Å². The molecule has 22 heavy (non-hydrogen) atoms. The Morgan fingerprint density at radius 1 is 1.05 bits per heavy atom. The quantitative estimate of drug-likeness (QED) is 0.803. The molecular formula is C18H17N3O. The molecule has 4 heteroatoms. The van der Waals surface area contributed by atoms with E-state index in [-0.39, 0.29) is 11.9 Å². The van der Waals surface area contributed by atoms with Crippen molar-refractivity contribution in [1.29, 1.82) is 0 Å². The Bertz CT molecular complexity index is 750. The van der Waals surface area contributed by atoms with E-state index in [0.29, 0.717) is 5.56 Å². The molecule has 0 aliphatic heterocycles. The number of nitrogens with zero attached hydrogens (tertiary/aromatic N) is 2. The van der Waals surface area contributed by atoms with Gasteiger partial charge in [0.05, 0.1) is 0 Å². The van der Waals surface area contributed by atoms with Gasteiger partial charge in [-0.15, -0.1) is 0 Å². The fourth-order valence-electron chi connectivity index (χ4n) is 2.40. The number of rotatable bonds is 4. The summed E-state index contributed by atoms with van der Waals surface area (Å²) >= 11 is 0. The second kappa shape index (κ2) is 6.26. The topological polar surface area (TPSA) is 46.9 Å². The summed E-state index contributed by atoms with van der Waals surface area (Å²) < 4.78 is 1.92. The Labute approximate surface area is 129 Å². The molecule has 0 spiro atoms. The van der Waals surface area contributed by atoms with Crippen molar-refractivity contribution < 1.29 is 4.79 Å². The van der Waals surface area contributed by atoms with Crippen LogP contribution in [0.25, 0.3) is 0 Å². The molecule has 1 heterocycles. The summed E-state index contributed by atoms with van der Waals surface area (Å²) in [6.45, 7) is 0. The lowest BCUT2D eigenvalue weighted by Crippen LogP contribution is -2.31. The van der Waals surface area contributed by atoms with Crippen LogP contribution in [0.4, 0.5) is 0 Å². The molecule has 4 nitrogen and oxygen atoms in total. The average Bonchev–Trinajstić information content (AvgIpc) is 3.00. The predicted octanol–water partition coefficient (Wildman–Crippen LogP) is 2.94. The van der Waals surface area contributed by atoms with Gasteiger partial charge < -0.3 is 9.88 Å². The predicted molar refractivity (Wildman–Crippen MR) is 85.4 cm³/mol. The maximum Gasteiger partial charge on any atom is 0.252 e. The van der Waals surface area contributed by atoms with Crippen LogP contribution in [-0.2, 0) is 7.05 Å². The molecule has 1 atom stereocenters. The Hall–Kier alpha value is -2.88. The third-order valence-electron chi connectivity index (χ3n) is 3.56. The van der Waals surface area contributed by atoms with Crippen LogP contribution in [0, 0.1) is 0 Å². The maximum absolute atomic E-state index is 12.5. The summed E-state index contributed by atoms with van der Waals surface area (Å²) in [5.74, 6) is 0.688. The molecule has 0 radical (unpaired) electrons. The van der Waals surface area contributed by atoms with E-state index >= 15 is 0 Å². The number of amides is 1. The molecule has 0 aliphatic rings. The highest BCUT2D eigenvalue weighted by atomic mass is 16.1. The summed E-state index contributed by atoms with van der Waals surface area (Å²) in [5.41, 5.74) is 1.64. The number of aromatic nitrogens is 2. The summed E-state index contributed by atoms with van der Waals surface area (Å²) in [6, 6.07) is 18.8. The van der Waals surface area contributed by atoms with Gasteiger partial charge in [-0.1, -0.05) is 48.5 Å². The lowest BCUT2D eigenvalue weighted by atomic mass is 10.1. The minimum atomic E-state index is -0.283. The standard InChI is InChI=1S/C18H17N3O/c1-21-13-12-19-17(21)16(14-8-4-2-5-9-14)20-18(22)15-10-6-3-7-11-15/h2-13,16H,1H3,(H,20,22). The number of hydrogen-bond donors (Lipinski definition) is 1. The van der Waals surface area contributed by atoms with Crippen molar-refractivity contribution in [2.45, 2.75) is 6.04 Å². The zero-order valence-electron chi connectivity index (χ0n) is 12.3. The third-order valence-corrected chi connectivity index (χ3v) is 3.56. The summed E-state index contributed by atoms with van der Waals surface area (Å²) in [7, 11) is 1.92. The highest BCUT2D eigenvalue weighted by molar-refractivity contribution is 5.94. The maximum atomic E-state index is 12.5. The van der Waals surface area contributed by atoms with Crippen molar-refractivity contribution in [1.82, 2.24) is 14.9 Å².